The molecular formula is C25H23ClN6O4S. The van der Waals surface area contributed by atoms with Gasteiger partial charge in [0.1, 0.15) is 22.5 Å². The van der Waals surface area contributed by atoms with Crippen LogP contribution in [0.1, 0.15) is 36.9 Å². The van der Waals surface area contributed by atoms with Crippen LogP contribution in [0, 0.1) is 18.3 Å². The number of rotatable bonds is 6. The standard InChI is InChI=1S/C25H23ClN6O4S/c1-14-22-24(31-30-14)28-23(29-25(22)36-20-10-8-19(33)9-11-20)15-3-6-18(7-4-15)32-37(34,35)21-12-17(26)5-2-16(21)13-27/h2-7,12,19-20,32-33H,8-11H2,1H3,(H,28,29,30,31). The molecule has 2 aromatic heterocycles. The Morgan fingerprint density at radius 3 is 2.57 bits per heavy atom. The molecule has 2 aromatic carbocycles. The Labute approximate surface area is 218 Å². The fraction of sp³-hybridized carbons (Fsp3) is 0.280. The molecule has 37 heavy (non-hydrogen) atoms. The molecule has 0 saturated heterocycles. The van der Waals surface area contributed by atoms with E-state index in [2.05, 4.69) is 24.9 Å². The average molecular weight is 539 g/mol. The van der Waals surface area contributed by atoms with Crippen molar-refractivity contribution < 1.29 is 18.3 Å². The number of halogens is 1. The second-order valence-corrected chi connectivity index (χ2v) is 11.0. The van der Waals surface area contributed by atoms with Gasteiger partial charge in [-0.15, -0.1) is 0 Å². The second kappa shape index (κ2) is 9.97. The minimum Gasteiger partial charge on any atom is -0.474 e. The van der Waals surface area contributed by atoms with Gasteiger partial charge in [-0.25, -0.2) is 13.4 Å². The van der Waals surface area contributed by atoms with E-state index in [-0.39, 0.29) is 27.7 Å². The predicted octanol–water partition coefficient (Wildman–Crippen LogP) is 4.34. The van der Waals surface area contributed by atoms with Gasteiger partial charge in [0.15, 0.2) is 11.5 Å². The highest BCUT2D eigenvalue weighted by Crippen LogP contribution is 2.32. The zero-order chi connectivity index (χ0) is 26.2. The number of nitriles is 1. The van der Waals surface area contributed by atoms with Crippen molar-refractivity contribution in [3.05, 3.63) is 58.7 Å². The summed E-state index contributed by atoms with van der Waals surface area (Å²) in [5.74, 6) is 0.795. The number of nitrogens with zero attached hydrogens (tertiary/aromatic N) is 4. The zero-order valence-electron chi connectivity index (χ0n) is 19.8. The van der Waals surface area contributed by atoms with Gasteiger partial charge in [-0.05, 0) is 75.1 Å². The van der Waals surface area contributed by atoms with E-state index in [0.717, 1.165) is 18.5 Å². The Balaban J connectivity index is 1.42. The van der Waals surface area contributed by atoms with Gasteiger partial charge in [-0.3, -0.25) is 9.82 Å². The number of benzene rings is 2. The molecule has 1 aliphatic carbocycles. The van der Waals surface area contributed by atoms with Gasteiger partial charge in [-0.2, -0.15) is 15.3 Å². The van der Waals surface area contributed by atoms with Crippen LogP contribution >= 0.6 is 11.6 Å². The number of ether oxygens (including phenoxy) is 1. The molecule has 0 bridgehead atoms. The van der Waals surface area contributed by atoms with Gasteiger partial charge in [-0.1, -0.05) is 11.6 Å². The van der Waals surface area contributed by atoms with Crippen LogP contribution < -0.4 is 9.46 Å². The quantitative estimate of drug-likeness (QED) is 0.327. The fourth-order valence-corrected chi connectivity index (χ4v) is 5.75. The van der Waals surface area contributed by atoms with E-state index >= 15 is 0 Å². The van der Waals surface area contributed by atoms with Crippen molar-refractivity contribution in [2.45, 2.75) is 49.7 Å². The van der Waals surface area contributed by atoms with Crippen molar-refractivity contribution in [3.8, 4) is 23.3 Å². The van der Waals surface area contributed by atoms with Gasteiger partial charge in [0.25, 0.3) is 10.0 Å². The van der Waals surface area contributed by atoms with E-state index in [1.807, 2.05) is 13.0 Å². The molecule has 4 aromatic rings. The number of fused-ring (bicyclic) bond motifs is 1. The van der Waals surface area contributed by atoms with Crippen molar-refractivity contribution >= 4 is 38.3 Å². The zero-order valence-corrected chi connectivity index (χ0v) is 21.3. The van der Waals surface area contributed by atoms with Crippen molar-refractivity contribution in [3.63, 3.8) is 0 Å². The lowest BCUT2D eigenvalue weighted by Crippen LogP contribution is -2.27. The van der Waals surface area contributed by atoms with Crippen LogP contribution in [-0.2, 0) is 10.0 Å². The number of nitrogens with one attached hydrogen (secondary N) is 2. The number of aliphatic hydroxyl groups is 1. The molecule has 0 amide bonds. The largest absolute Gasteiger partial charge is 0.474 e. The number of sulfonamides is 1. The summed E-state index contributed by atoms with van der Waals surface area (Å²) >= 11 is 5.95. The van der Waals surface area contributed by atoms with E-state index in [1.165, 1.54) is 18.2 Å². The minimum atomic E-state index is -4.05. The SMILES string of the molecule is Cc1[nH]nc2nc(-c3ccc(NS(=O)(=O)c4cc(Cl)ccc4C#N)cc3)nc(OC3CCC(O)CC3)c12. The lowest BCUT2D eigenvalue weighted by atomic mass is 9.95. The maximum atomic E-state index is 12.9. The summed E-state index contributed by atoms with van der Waals surface area (Å²) in [6.07, 6.45) is 2.46. The number of aromatic nitrogens is 4. The van der Waals surface area contributed by atoms with Gasteiger partial charge >= 0.3 is 0 Å². The first-order chi connectivity index (χ1) is 17.7. The molecule has 1 saturated carbocycles. The van der Waals surface area contributed by atoms with Crippen LogP contribution in [0.3, 0.4) is 0 Å². The number of hydrogen-bond donors (Lipinski definition) is 3. The van der Waals surface area contributed by atoms with Crippen LogP contribution in [0.4, 0.5) is 5.69 Å². The molecule has 190 valence electrons. The Bertz CT molecular complexity index is 1610. The van der Waals surface area contributed by atoms with Gasteiger partial charge < -0.3 is 9.84 Å². The fourth-order valence-electron chi connectivity index (χ4n) is 4.27. The third kappa shape index (κ3) is 5.22. The van der Waals surface area contributed by atoms with E-state index in [4.69, 9.17) is 16.3 Å². The predicted molar refractivity (Wildman–Crippen MR) is 138 cm³/mol. The normalized spacial score (nSPS) is 17.9. The van der Waals surface area contributed by atoms with Crippen molar-refractivity contribution in [2.75, 3.05) is 4.72 Å². The molecule has 10 nitrogen and oxygen atoms in total. The average Bonchev–Trinajstić information content (AvgIpc) is 3.26. The Morgan fingerprint density at radius 1 is 1.14 bits per heavy atom. The van der Waals surface area contributed by atoms with Crippen LogP contribution in [0.5, 0.6) is 5.88 Å². The maximum absolute atomic E-state index is 12.9. The molecule has 5 rings (SSSR count). The molecule has 1 fully saturated rings. The maximum Gasteiger partial charge on any atom is 0.263 e. The van der Waals surface area contributed by atoms with E-state index in [0.29, 0.717) is 46.8 Å². The second-order valence-electron chi connectivity index (χ2n) is 8.88. The Hall–Kier alpha value is -3.72. The van der Waals surface area contributed by atoms with E-state index in [1.54, 1.807) is 24.3 Å². The van der Waals surface area contributed by atoms with Gasteiger partial charge in [0.05, 0.1) is 11.7 Å². The number of aryl methyl sites for hydroxylation is 1. The Morgan fingerprint density at radius 2 is 1.86 bits per heavy atom. The monoisotopic (exact) mass is 538 g/mol. The van der Waals surface area contributed by atoms with Crippen LogP contribution in [0.15, 0.2) is 47.4 Å². The van der Waals surface area contributed by atoms with Gasteiger partial charge in [0.2, 0.25) is 5.88 Å². The molecule has 0 aliphatic heterocycles. The first-order valence-electron chi connectivity index (χ1n) is 11.6. The third-order valence-electron chi connectivity index (χ3n) is 6.23. The molecule has 12 heteroatoms. The molecule has 3 N–H and O–H groups in total. The summed E-state index contributed by atoms with van der Waals surface area (Å²) in [4.78, 5) is 9.01. The van der Waals surface area contributed by atoms with Crippen LogP contribution in [-0.4, -0.2) is 45.9 Å². The third-order valence-corrected chi connectivity index (χ3v) is 7.89. The smallest absolute Gasteiger partial charge is 0.263 e. The van der Waals surface area contributed by atoms with Crippen molar-refractivity contribution in [1.29, 1.82) is 5.26 Å². The minimum absolute atomic E-state index is 0.00970. The summed E-state index contributed by atoms with van der Waals surface area (Å²) in [7, 11) is -4.05. The lowest BCUT2D eigenvalue weighted by Gasteiger charge is -2.26. The summed E-state index contributed by atoms with van der Waals surface area (Å²) in [6, 6.07) is 12.5. The topological polar surface area (TPSA) is 154 Å². The molecular weight excluding hydrogens is 516 g/mol. The highest BCUT2D eigenvalue weighted by atomic mass is 35.5. The lowest BCUT2D eigenvalue weighted by molar-refractivity contribution is 0.0652. The highest BCUT2D eigenvalue weighted by Gasteiger charge is 2.24. The first-order valence-corrected chi connectivity index (χ1v) is 13.5. The van der Waals surface area contributed by atoms with Crippen molar-refractivity contribution in [1.82, 2.24) is 20.2 Å². The summed E-state index contributed by atoms with van der Waals surface area (Å²) in [6.45, 7) is 1.87. The van der Waals surface area contributed by atoms with E-state index < -0.39 is 10.0 Å². The van der Waals surface area contributed by atoms with Crippen LogP contribution in [0.25, 0.3) is 22.4 Å². The molecule has 0 radical (unpaired) electrons. The number of hydrogen-bond acceptors (Lipinski definition) is 8. The summed E-state index contributed by atoms with van der Waals surface area (Å²) in [5.41, 5.74) is 2.17. The molecule has 0 atom stereocenters. The molecule has 0 unspecified atom stereocenters. The number of H-pyrrole nitrogens is 1. The summed E-state index contributed by atoms with van der Waals surface area (Å²) in [5, 5.41) is 27.2. The number of aromatic amines is 1. The summed E-state index contributed by atoms with van der Waals surface area (Å²) < 4.78 is 34.5. The molecule has 0 spiro atoms. The van der Waals surface area contributed by atoms with E-state index in [9.17, 15) is 18.8 Å². The van der Waals surface area contributed by atoms with Crippen LogP contribution in [0.2, 0.25) is 5.02 Å². The first kappa shape index (κ1) is 25.0. The molecule has 1 aliphatic rings. The number of aliphatic hydroxyl groups excluding tert-OH is 1. The molecule has 2 heterocycles. The highest BCUT2D eigenvalue weighted by molar-refractivity contribution is 7.92. The van der Waals surface area contributed by atoms with Gasteiger partial charge in [0, 0.05) is 22.0 Å². The Kier molecular flexibility index (Phi) is 6.72. The number of anilines is 1. The van der Waals surface area contributed by atoms with Crippen molar-refractivity contribution in [2.24, 2.45) is 0 Å².